The summed E-state index contributed by atoms with van der Waals surface area (Å²) >= 11 is 0. The standard InChI is InChI=1S/C25H26FNO4/c1-4-30-24-8-6-5-7-19(24)9-14-25(29)31-16-23(28)22-15-17(2)27(18(22)3)21-12-10-20(26)11-13-21/h5-8,10-13,15H,4,9,14,16H2,1-3H3. The van der Waals surface area contributed by atoms with Gasteiger partial charge in [0.25, 0.3) is 0 Å². The summed E-state index contributed by atoms with van der Waals surface area (Å²) in [4.78, 5) is 24.8. The van der Waals surface area contributed by atoms with E-state index in [1.54, 1.807) is 18.2 Å². The number of hydrogen-bond donors (Lipinski definition) is 0. The molecule has 162 valence electrons. The van der Waals surface area contributed by atoms with Crippen LogP contribution in [0.3, 0.4) is 0 Å². The number of aromatic nitrogens is 1. The summed E-state index contributed by atoms with van der Waals surface area (Å²) in [5.74, 6) is -0.281. The number of esters is 1. The number of para-hydroxylation sites is 1. The summed E-state index contributed by atoms with van der Waals surface area (Å²) in [6, 6.07) is 15.4. The highest BCUT2D eigenvalue weighted by Gasteiger charge is 2.18. The maximum Gasteiger partial charge on any atom is 0.306 e. The molecule has 0 spiro atoms. The van der Waals surface area contributed by atoms with Crippen molar-refractivity contribution in [3.05, 3.63) is 82.9 Å². The zero-order chi connectivity index (χ0) is 22.4. The second-order valence-corrected chi connectivity index (χ2v) is 7.22. The fourth-order valence-corrected chi connectivity index (χ4v) is 3.57. The molecule has 0 bridgehead atoms. The number of Topliss-reactive ketones (excluding diaryl/α,β-unsaturated/α-hetero) is 1. The summed E-state index contributed by atoms with van der Waals surface area (Å²) in [6.07, 6.45) is 0.633. The van der Waals surface area contributed by atoms with Crippen molar-refractivity contribution in [2.75, 3.05) is 13.2 Å². The smallest absolute Gasteiger partial charge is 0.306 e. The van der Waals surface area contributed by atoms with E-state index in [1.165, 1.54) is 12.1 Å². The first-order valence-electron chi connectivity index (χ1n) is 10.2. The van der Waals surface area contributed by atoms with Crippen LogP contribution in [0.1, 0.15) is 40.7 Å². The minimum absolute atomic E-state index is 0.159. The summed E-state index contributed by atoms with van der Waals surface area (Å²) in [5.41, 5.74) is 3.73. The highest BCUT2D eigenvalue weighted by Crippen LogP contribution is 2.22. The Kier molecular flexibility index (Phi) is 7.23. The molecule has 3 aromatic rings. The van der Waals surface area contributed by atoms with Crippen molar-refractivity contribution >= 4 is 11.8 Å². The number of carbonyl (C=O) groups is 2. The molecule has 0 N–H and O–H groups in total. The molecule has 1 heterocycles. The Bertz CT molecular complexity index is 1070. The van der Waals surface area contributed by atoms with Gasteiger partial charge in [-0.15, -0.1) is 0 Å². The van der Waals surface area contributed by atoms with Crippen LogP contribution < -0.4 is 4.74 Å². The Balaban J connectivity index is 1.60. The highest BCUT2D eigenvalue weighted by molar-refractivity contribution is 5.99. The molecule has 0 aliphatic rings. The van der Waals surface area contributed by atoms with Gasteiger partial charge in [0.1, 0.15) is 11.6 Å². The van der Waals surface area contributed by atoms with Gasteiger partial charge in [0.15, 0.2) is 6.61 Å². The van der Waals surface area contributed by atoms with Gasteiger partial charge in [0.2, 0.25) is 5.78 Å². The molecule has 0 fully saturated rings. The monoisotopic (exact) mass is 423 g/mol. The van der Waals surface area contributed by atoms with E-state index < -0.39 is 5.97 Å². The Morgan fingerprint density at radius 1 is 1.03 bits per heavy atom. The fourth-order valence-electron chi connectivity index (χ4n) is 3.57. The van der Waals surface area contributed by atoms with Gasteiger partial charge >= 0.3 is 5.97 Å². The normalized spacial score (nSPS) is 10.7. The van der Waals surface area contributed by atoms with E-state index in [0.717, 1.165) is 28.4 Å². The number of ether oxygens (including phenoxy) is 2. The number of carbonyl (C=O) groups excluding carboxylic acids is 2. The molecule has 0 unspecified atom stereocenters. The Hall–Kier alpha value is -3.41. The lowest BCUT2D eigenvalue weighted by molar-refractivity contribution is -0.142. The fraction of sp³-hybridized carbons (Fsp3) is 0.280. The van der Waals surface area contributed by atoms with Crippen LogP contribution in [0.5, 0.6) is 5.75 Å². The van der Waals surface area contributed by atoms with Gasteiger partial charge in [0.05, 0.1) is 6.61 Å². The lowest BCUT2D eigenvalue weighted by atomic mass is 10.1. The average molecular weight is 423 g/mol. The van der Waals surface area contributed by atoms with Crippen LogP contribution in [-0.4, -0.2) is 29.5 Å². The zero-order valence-electron chi connectivity index (χ0n) is 18.0. The number of ketones is 1. The first kappa shape index (κ1) is 22.3. The van der Waals surface area contributed by atoms with Crippen LogP contribution in [0.2, 0.25) is 0 Å². The predicted molar refractivity (Wildman–Crippen MR) is 116 cm³/mol. The molecule has 0 amide bonds. The van der Waals surface area contributed by atoms with Crippen LogP contribution >= 0.6 is 0 Å². The Morgan fingerprint density at radius 3 is 2.45 bits per heavy atom. The summed E-state index contributed by atoms with van der Waals surface area (Å²) in [6.45, 7) is 5.82. The molecule has 0 saturated carbocycles. The first-order valence-corrected chi connectivity index (χ1v) is 10.2. The minimum atomic E-state index is -0.438. The highest BCUT2D eigenvalue weighted by atomic mass is 19.1. The van der Waals surface area contributed by atoms with E-state index in [0.29, 0.717) is 18.6 Å². The first-order chi connectivity index (χ1) is 14.9. The molecular weight excluding hydrogens is 397 g/mol. The van der Waals surface area contributed by atoms with E-state index in [9.17, 15) is 14.0 Å². The molecular formula is C25H26FNO4. The molecule has 3 rings (SSSR count). The van der Waals surface area contributed by atoms with Crippen molar-refractivity contribution in [3.8, 4) is 11.4 Å². The van der Waals surface area contributed by atoms with E-state index in [-0.39, 0.29) is 24.6 Å². The van der Waals surface area contributed by atoms with Gasteiger partial charge < -0.3 is 14.0 Å². The molecule has 0 saturated heterocycles. The van der Waals surface area contributed by atoms with Crippen LogP contribution in [0.15, 0.2) is 54.6 Å². The third kappa shape index (κ3) is 5.40. The summed E-state index contributed by atoms with van der Waals surface area (Å²) in [5, 5.41) is 0. The van der Waals surface area contributed by atoms with Crippen LogP contribution in [0, 0.1) is 19.7 Å². The maximum atomic E-state index is 13.2. The number of aryl methyl sites for hydroxylation is 2. The van der Waals surface area contributed by atoms with Crippen LogP contribution in [-0.2, 0) is 16.0 Å². The molecule has 1 aromatic heterocycles. The summed E-state index contributed by atoms with van der Waals surface area (Å²) < 4.78 is 25.9. The van der Waals surface area contributed by atoms with E-state index in [2.05, 4.69) is 0 Å². The van der Waals surface area contributed by atoms with Crippen LogP contribution in [0.4, 0.5) is 4.39 Å². The third-order valence-corrected chi connectivity index (χ3v) is 5.05. The zero-order valence-corrected chi connectivity index (χ0v) is 18.0. The van der Waals surface area contributed by atoms with Crippen molar-refractivity contribution in [3.63, 3.8) is 0 Å². The van der Waals surface area contributed by atoms with E-state index in [1.807, 2.05) is 49.6 Å². The van der Waals surface area contributed by atoms with Gasteiger partial charge in [-0.05, 0) is 69.2 Å². The second kappa shape index (κ2) is 10.1. The number of benzene rings is 2. The molecule has 31 heavy (non-hydrogen) atoms. The summed E-state index contributed by atoms with van der Waals surface area (Å²) in [7, 11) is 0. The molecule has 0 radical (unpaired) electrons. The molecule has 2 aromatic carbocycles. The Morgan fingerprint density at radius 2 is 1.74 bits per heavy atom. The van der Waals surface area contributed by atoms with Crippen LogP contribution in [0.25, 0.3) is 5.69 Å². The molecule has 6 heteroatoms. The lowest BCUT2D eigenvalue weighted by Gasteiger charge is -2.10. The van der Waals surface area contributed by atoms with Crippen molar-refractivity contribution in [1.29, 1.82) is 0 Å². The molecule has 0 aliphatic heterocycles. The van der Waals surface area contributed by atoms with Crippen molar-refractivity contribution in [2.45, 2.75) is 33.6 Å². The van der Waals surface area contributed by atoms with Gasteiger partial charge in [-0.25, -0.2) is 4.39 Å². The topological polar surface area (TPSA) is 57.5 Å². The molecule has 0 aliphatic carbocycles. The number of rotatable bonds is 9. The van der Waals surface area contributed by atoms with Gasteiger partial charge in [-0.3, -0.25) is 9.59 Å². The third-order valence-electron chi connectivity index (χ3n) is 5.05. The largest absolute Gasteiger partial charge is 0.494 e. The number of halogens is 1. The maximum absolute atomic E-state index is 13.2. The number of nitrogens with zero attached hydrogens (tertiary/aromatic N) is 1. The lowest BCUT2D eigenvalue weighted by Crippen LogP contribution is -2.15. The second-order valence-electron chi connectivity index (χ2n) is 7.22. The Labute approximate surface area is 181 Å². The van der Waals surface area contributed by atoms with Crippen molar-refractivity contribution in [1.82, 2.24) is 4.57 Å². The quantitative estimate of drug-likeness (QED) is 0.359. The molecule has 5 nitrogen and oxygen atoms in total. The van der Waals surface area contributed by atoms with Gasteiger partial charge in [-0.2, -0.15) is 0 Å². The van der Waals surface area contributed by atoms with Crippen molar-refractivity contribution in [2.24, 2.45) is 0 Å². The predicted octanol–water partition coefficient (Wildman–Crippen LogP) is 4.99. The molecule has 0 atom stereocenters. The number of hydrogen-bond acceptors (Lipinski definition) is 4. The minimum Gasteiger partial charge on any atom is -0.494 e. The van der Waals surface area contributed by atoms with E-state index >= 15 is 0 Å². The SMILES string of the molecule is CCOc1ccccc1CCC(=O)OCC(=O)c1cc(C)n(-c2ccc(F)cc2)c1C. The average Bonchev–Trinajstić information content (AvgIpc) is 3.06. The van der Waals surface area contributed by atoms with E-state index in [4.69, 9.17) is 9.47 Å². The van der Waals surface area contributed by atoms with Crippen molar-refractivity contribution < 1.29 is 23.5 Å². The van der Waals surface area contributed by atoms with Gasteiger partial charge in [0, 0.05) is 29.1 Å². The van der Waals surface area contributed by atoms with Gasteiger partial charge in [-0.1, -0.05) is 18.2 Å².